The third-order valence-corrected chi connectivity index (χ3v) is 4.70. The van der Waals surface area contributed by atoms with Crippen LogP contribution in [0.2, 0.25) is 0 Å². The van der Waals surface area contributed by atoms with Gasteiger partial charge in [0.2, 0.25) is 5.95 Å². The molecule has 2 aromatic rings. The molecule has 0 spiro atoms. The van der Waals surface area contributed by atoms with Crippen molar-refractivity contribution in [3.05, 3.63) is 47.3 Å². The average molecular weight is 383 g/mol. The van der Waals surface area contributed by atoms with E-state index in [4.69, 9.17) is 0 Å². The molecule has 0 atom stereocenters. The Balaban J connectivity index is 1.68. The molecule has 1 amide bonds. The number of rotatable bonds is 12. The number of hydrogen-bond acceptors (Lipinski definition) is 4. The number of aryl methyl sites for hydroxylation is 2. The number of hydrogen-bond donors (Lipinski definition) is 2. The van der Waals surface area contributed by atoms with Gasteiger partial charge in [-0.05, 0) is 50.6 Å². The Labute approximate surface area is 169 Å². The molecule has 0 aliphatic heterocycles. The summed E-state index contributed by atoms with van der Waals surface area (Å²) in [6.45, 7) is 6.87. The molecule has 0 aliphatic rings. The lowest BCUT2D eigenvalue weighted by atomic mass is 10.1. The van der Waals surface area contributed by atoms with Gasteiger partial charge in [-0.15, -0.1) is 0 Å². The molecule has 0 bridgehead atoms. The van der Waals surface area contributed by atoms with Crippen molar-refractivity contribution in [2.75, 3.05) is 11.9 Å². The molecule has 0 saturated carbocycles. The van der Waals surface area contributed by atoms with Crippen molar-refractivity contribution >= 4 is 17.5 Å². The number of carbonyl (C=O) groups excluding carboxylic acids is 1. The molecule has 2 N–H and O–H groups in total. The van der Waals surface area contributed by atoms with Gasteiger partial charge in [0.15, 0.2) is 0 Å². The normalized spacial score (nSPS) is 10.7. The Morgan fingerprint density at radius 2 is 1.43 bits per heavy atom. The van der Waals surface area contributed by atoms with E-state index in [-0.39, 0.29) is 5.91 Å². The van der Waals surface area contributed by atoms with Crippen LogP contribution in [-0.4, -0.2) is 22.4 Å². The molecule has 0 saturated heterocycles. The van der Waals surface area contributed by atoms with Crippen LogP contribution in [0.4, 0.5) is 11.6 Å². The van der Waals surface area contributed by atoms with Gasteiger partial charge in [0.25, 0.3) is 5.91 Å². The first-order chi connectivity index (χ1) is 13.6. The molecule has 28 heavy (non-hydrogen) atoms. The molecule has 0 radical (unpaired) electrons. The number of carbonyl (C=O) groups is 1. The highest BCUT2D eigenvalue weighted by Gasteiger charge is 2.06. The van der Waals surface area contributed by atoms with E-state index in [1.165, 1.54) is 44.9 Å². The summed E-state index contributed by atoms with van der Waals surface area (Å²) in [6.07, 6.45) is 10.1. The predicted molar refractivity (Wildman–Crippen MR) is 116 cm³/mol. The van der Waals surface area contributed by atoms with Gasteiger partial charge in [0, 0.05) is 29.2 Å². The average Bonchev–Trinajstić information content (AvgIpc) is 2.66. The van der Waals surface area contributed by atoms with Crippen LogP contribution >= 0.6 is 0 Å². The molecule has 152 valence electrons. The summed E-state index contributed by atoms with van der Waals surface area (Å²) >= 11 is 0. The van der Waals surface area contributed by atoms with Crippen LogP contribution in [-0.2, 0) is 0 Å². The van der Waals surface area contributed by atoms with Crippen molar-refractivity contribution in [2.45, 2.75) is 72.1 Å². The molecular weight excluding hydrogens is 348 g/mol. The van der Waals surface area contributed by atoms with Crippen LogP contribution in [0, 0.1) is 13.8 Å². The molecule has 5 nitrogen and oxygen atoms in total. The van der Waals surface area contributed by atoms with E-state index in [2.05, 4.69) is 27.5 Å². The highest BCUT2D eigenvalue weighted by molar-refractivity contribution is 5.94. The fraction of sp³-hybridized carbons (Fsp3) is 0.522. The molecule has 0 fully saturated rings. The van der Waals surface area contributed by atoms with Gasteiger partial charge in [-0.2, -0.15) is 0 Å². The Hall–Kier alpha value is -2.43. The van der Waals surface area contributed by atoms with E-state index < -0.39 is 0 Å². The summed E-state index contributed by atoms with van der Waals surface area (Å²) in [5, 5.41) is 6.19. The monoisotopic (exact) mass is 382 g/mol. The van der Waals surface area contributed by atoms with E-state index in [9.17, 15) is 4.79 Å². The second-order valence-corrected chi connectivity index (χ2v) is 7.41. The van der Waals surface area contributed by atoms with Gasteiger partial charge in [-0.25, -0.2) is 9.97 Å². The van der Waals surface area contributed by atoms with Crippen molar-refractivity contribution in [2.24, 2.45) is 0 Å². The summed E-state index contributed by atoms with van der Waals surface area (Å²) in [5.41, 5.74) is 3.38. The minimum atomic E-state index is -0.0165. The molecule has 0 aliphatic carbocycles. The largest absolute Gasteiger partial charge is 0.352 e. The standard InChI is InChI=1S/C23H34N4O/c1-4-5-6-7-8-9-10-11-16-24-22(28)20-12-14-21(15-13-20)27-23-25-18(2)17-19(3)26-23/h12-15,17H,4-11,16H2,1-3H3,(H,24,28)(H,25,26,27). The fourth-order valence-electron chi connectivity index (χ4n) is 3.18. The number of anilines is 2. The number of nitrogens with one attached hydrogen (secondary N) is 2. The Morgan fingerprint density at radius 3 is 2.04 bits per heavy atom. The second-order valence-electron chi connectivity index (χ2n) is 7.41. The third kappa shape index (κ3) is 8.07. The number of nitrogens with zero attached hydrogens (tertiary/aromatic N) is 2. The fourth-order valence-corrected chi connectivity index (χ4v) is 3.18. The van der Waals surface area contributed by atoms with Crippen LogP contribution in [0.25, 0.3) is 0 Å². The maximum atomic E-state index is 12.3. The highest BCUT2D eigenvalue weighted by Crippen LogP contribution is 2.15. The van der Waals surface area contributed by atoms with E-state index in [0.29, 0.717) is 11.5 Å². The SMILES string of the molecule is CCCCCCCCCCNC(=O)c1ccc(Nc2nc(C)cc(C)n2)cc1. The van der Waals surface area contributed by atoms with Crippen LogP contribution in [0.5, 0.6) is 0 Å². The first-order valence-corrected chi connectivity index (χ1v) is 10.6. The van der Waals surface area contributed by atoms with Crippen LogP contribution in [0.15, 0.2) is 30.3 Å². The van der Waals surface area contributed by atoms with E-state index in [1.54, 1.807) is 0 Å². The predicted octanol–water partition coefficient (Wildman–Crippen LogP) is 5.71. The summed E-state index contributed by atoms with van der Waals surface area (Å²) in [5.74, 6) is 0.557. The topological polar surface area (TPSA) is 66.9 Å². The van der Waals surface area contributed by atoms with Crippen molar-refractivity contribution in [1.29, 1.82) is 0 Å². The summed E-state index contributed by atoms with van der Waals surface area (Å²) in [6, 6.07) is 9.35. The minimum Gasteiger partial charge on any atom is -0.352 e. The lowest BCUT2D eigenvalue weighted by Gasteiger charge is -2.08. The molecule has 5 heteroatoms. The van der Waals surface area contributed by atoms with Gasteiger partial charge in [-0.3, -0.25) is 4.79 Å². The van der Waals surface area contributed by atoms with Crippen molar-refractivity contribution in [1.82, 2.24) is 15.3 Å². The number of amides is 1. The molecular formula is C23H34N4O. The summed E-state index contributed by atoms with van der Waals surface area (Å²) < 4.78 is 0. The van der Waals surface area contributed by atoms with Crippen LogP contribution in [0.1, 0.15) is 80.0 Å². The van der Waals surface area contributed by atoms with Crippen molar-refractivity contribution in [3.63, 3.8) is 0 Å². The smallest absolute Gasteiger partial charge is 0.251 e. The van der Waals surface area contributed by atoms with Gasteiger partial charge in [-0.1, -0.05) is 51.9 Å². The van der Waals surface area contributed by atoms with Gasteiger partial charge < -0.3 is 10.6 Å². The third-order valence-electron chi connectivity index (χ3n) is 4.70. The lowest BCUT2D eigenvalue weighted by Crippen LogP contribution is -2.24. The van der Waals surface area contributed by atoms with Crippen LogP contribution < -0.4 is 10.6 Å². The zero-order valence-corrected chi connectivity index (χ0v) is 17.6. The Kier molecular flexibility index (Phi) is 9.46. The number of benzene rings is 1. The van der Waals surface area contributed by atoms with E-state index >= 15 is 0 Å². The van der Waals surface area contributed by atoms with Gasteiger partial charge in [0.05, 0.1) is 0 Å². The zero-order chi connectivity index (χ0) is 20.2. The highest BCUT2D eigenvalue weighted by atomic mass is 16.1. The molecule has 2 rings (SSSR count). The molecule has 0 unspecified atom stereocenters. The maximum absolute atomic E-state index is 12.3. The zero-order valence-electron chi connectivity index (χ0n) is 17.6. The number of unbranched alkanes of at least 4 members (excludes halogenated alkanes) is 7. The Morgan fingerprint density at radius 1 is 0.857 bits per heavy atom. The summed E-state index contributed by atoms with van der Waals surface area (Å²) in [4.78, 5) is 21.0. The Bertz CT molecular complexity index is 708. The maximum Gasteiger partial charge on any atom is 0.251 e. The quantitative estimate of drug-likeness (QED) is 0.462. The number of aromatic nitrogens is 2. The van der Waals surface area contributed by atoms with Gasteiger partial charge in [0.1, 0.15) is 0 Å². The van der Waals surface area contributed by atoms with Gasteiger partial charge >= 0.3 is 0 Å². The minimum absolute atomic E-state index is 0.0165. The first-order valence-electron chi connectivity index (χ1n) is 10.6. The van der Waals surface area contributed by atoms with Crippen molar-refractivity contribution < 1.29 is 4.79 Å². The molecule has 1 aromatic carbocycles. The van der Waals surface area contributed by atoms with Crippen LogP contribution in [0.3, 0.4) is 0 Å². The van der Waals surface area contributed by atoms with E-state index in [1.807, 2.05) is 44.2 Å². The molecule has 1 heterocycles. The van der Waals surface area contributed by atoms with E-state index in [0.717, 1.165) is 30.0 Å². The van der Waals surface area contributed by atoms with Crippen molar-refractivity contribution in [3.8, 4) is 0 Å². The molecule has 1 aromatic heterocycles. The second kappa shape index (κ2) is 12.1. The lowest BCUT2D eigenvalue weighted by molar-refractivity contribution is 0.0953. The first kappa shape index (κ1) is 21.9. The summed E-state index contributed by atoms with van der Waals surface area (Å²) in [7, 11) is 0.